The van der Waals surface area contributed by atoms with Crippen LogP contribution < -0.4 is 10.2 Å². The van der Waals surface area contributed by atoms with Crippen LogP contribution in [-0.2, 0) is 9.59 Å². The Bertz CT molecular complexity index is 567. The molecule has 1 saturated heterocycles. The van der Waals surface area contributed by atoms with Crippen LogP contribution in [0.2, 0.25) is 0 Å². The zero-order chi connectivity index (χ0) is 15.5. The van der Waals surface area contributed by atoms with Crippen molar-refractivity contribution >= 4 is 23.2 Å². The summed E-state index contributed by atoms with van der Waals surface area (Å²) in [6.07, 6.45) is 3.92. The van der Waals surface area contributed by atoms with Crippen molar-refractivity contribution in [3.63, 3.8) is 0 Å². The highest BCUT2D eigenvalue weighted by Gasteiger charge is 2.30. The van der Waals surface area contributed by atoms with Crippen molar-refractivity contribution in [1.29, 1.82) is 0 Å². The van der Waals surface area contributed by atoms with Crippen LogP contribution in [0.15, 0.2) is 24.3 Å². The van der Waals surface area contributed by atoms with Crippen LogP contribution in [-0.4, -0.2) is 42.4 Å². The predicted molar refractivity (Wildman–Crippen MR) is 86.9 cm³/mol. The molecule has 22 heavy (non-hydrogen) atoms. The Morgan fingerprint density at radius 2 is 1.95 bits per heavy atom. The number of anilines is 2. The third-order valence-corrected chi connectivity index (χ3v) is 4.44. The van der Waals surface area contributed by atoms with Gasteiger partial charge in [-0.2, -0.15) is 0 Å². The largest absolute Gasteiger partial charge is 0.324 e. The van der Waals surface area contributed by atoms with Gasteiger partial charge < -0.3 is 10.2 Å². The molecule has 5 heteroatoms. The number of hydrogen-bond acceptors (Lipinski definition) is 3. The second-order valence-electron chi connectivity index (χ2n) is 6.22. The number of fused-ring (bicyclic) bond motifs is 1. The number of amides is 2. The molecule has 0 unspecified atom stereocenters. The molecule has 3 rings (SSSR count). The summed E-state index contributed by atoms with van der Waals surface area (Å²) in [6, 6.07) is 7.42. The molecule has 1 atom stereocenters. The summed E-state index contributed by atoms with van der Waals surface area (Å²) in [5.74, 6) is 0.0478. The summed E-state index contributed by atoms with van der Waals surface area (Å²) in [4.78, 5) is 28.8. The first kappa shape index (κ1) is 15.0. The van der Waals surface area contributed by atoms with E-state index in [1.54, 1.807) is 4.90 Å². The molecule has 2 heterocycles. The standard InChI is InChI=1S/C17H23N3O2/c1-13-11-16(21)18-14-7-3-4-8-15(14)20(13)17(22)12-19-9-5-2-6-10-19/h3-4,7-8,13H,2,5-6,9-12H2,1H3,(H,18,21)/t13-/m0/s1. The molecule has 2 aliphatic heterocycles. The minimum Gasteiger partial charge on any atom is -0.324 e. The zero-order valence-corrected chi connectivity index (χ0v) is 13.0. The van der Waals surface area contributed by atoms with Crippen LogP contribution in [0.25, 0.3) is 0 Å². The van der Waals surface area contributed by atoms with Gasteiger partial charge in [0.15, 0.2) is 0 Å². The minimum atomic E-state index is -0.124. The van der Waals surface area contributed by atoms with Crippen LogP contribution >= 0.6 is 0 Å². The Labute approximate surface area is 131 Å². The van der Waals surface area contributed by atoms with E-state index in [4.69, 9.17) is 0 Å². The zero-order valence-electron chi connectivity index (χ0n) is 13.0. The number of rotatable bonds is 2. The predicted octanol–water partition coefficient (Wildman–Crippen LogP) is 2.24. The Balaban J connectivity index is 1.83. The highest BCUT2D eigenvalue weighted by molar-refractivity contribution is 6.04. The molecule has 0 aromatic heterocycles. The van der Waals surface area contributed by atoms with Crippen LogP contribution in [0, 0.1) is 0 Å². The van der Waals surface area contributed by atoms with Gasteiger partial charge in [-0.05, 0) is 45.0 Å². The number of para-hydroxylation sites is 2. The maximum Gasteiger partial charge on any atom is 0.241 e. The molecule has 0 radical (unpaired) electrons. The molecule has 0 spiro atoms. The fourth-order valence-corrected chi connectivity index (χ4v) is 3.35. The van der Waals surface area contributed by atoms with Crippen molar-refractivity contribution in [3.05, 3.63) is 24.3 Å². The Morgan fingerprint density at radius 1 is 1.23 bits per heavy atom. The van der Waals surface area contributed by atoms with Crippen LogP contribution in [0.1, 0.15) is 32.6 Å². The van der Waals surface area contributed by atoms with E-state index in [-0.39, 0.29) is 17.9 Å². The highest BCUT2D eigenvalue weighted by Crippen LogP contribution is 2.31. The molecule has 0 aliphatic carbocycles. The number of carbonyl (C=O) groups excluding carboxylic acids is 2. The Kier molecular flexibility index (Phi) is 4.43. The number of nitrogens with one attached hydrogen (secondary N) is 1. The van der Waals surface area contributed by atoms with E-state index in [0.717, 1.165) is 24.5 Å². The average molecular weight is 301 g/mol. The third kappa shape index (κ3) is 3.14. The SMILES string of the molecule is C[C@H]1CC(=O)Nc2ccccc2N1C(=O)CN1CCCCC1. The van der Waals surface area contributed by atoms with E-state index in [1.807, 2.05) is 31.2 Å². The summed E-state index contributed by atoms with van der Waals surface area (Å²) in [5, 5.41) is 2.89. The van der Waals surface area contributed by atoms with E-state index >= 15 is 0 Å². The fourth-order valence-electron chi connectivity index (χ4n) is 3.35. The molecule has 2 aliphatic rings. The van der Waals surface area contributed by atoms with Crippen LogP contribution in [0.3, 0.4) is 0 Å². The van der Waals surface area contributed by atoms with Gasteiger partial charge in [-0.1, -0.05) is 18.6 Å². The number of hydrogen-bond donors (Lipinski definition) is 1. The normalized spacial score (nSPS) is 22.7. The number of likely N-dealkylation sites (tertiary alicyclic amines) is 1. The molecule has 1 N–H and O–H groups in total. The quantitative estimate of drug-likeness (QED) is 0.911. The summed E-state index contributed by atoms with van der Waals surface area (Å²) in [6.45, 7) is 4.36. The molecule has 0 bridgehead atoms. The summed E-state index contributed by atoms with van der Waals surface area (Å²) in [7, 11) is 0. The van der Waals surface area contributed by atoms with Crippen molar-refractivity contribution < 1.29 is 9.59 Å². The second kappa shape index (κ2) is 6.48. The maximum absolute atomic E-state index is 12.8. The first-order valence-corrected chi connectivity index (χ1v) is 8.08. The first-order valence-electron chi connectivity index (χ1n) is 8.08. The van der Waals surface area contributed by atoms with Crippen LogP contribution in [0.4, 0.5) is 11.4 Å². The smallest absolute Gasteiger partial charge is 0.241 e. The van der Waals surface area contributed by atoms with E-state index in [2.05, 4.69) is 10.2 Å². The van der Waals surface area contributed by atoms with Crippen LogP contribution in [0.5, 0.6) is 0 Å². The Hall–Kier alpha value is -1.88. The molecule has 2 amide bonds. The van der Waals surface area contributed by atoms with Crippen molar-refractivity contribution in [3.8, 4) is 0 Å². The van der Waals surface area contributed by atoms with Gasteiger partial charge >= 0.3 is 0 Å². The number of benzene rings is 1. The van der Waals surface area contributed by atoms with E-state index in [1.165, 1.54) is 19.3 Å². The minimum absolute atomic E-state index is 0.0341. The number of piperidine rings is 1. The summed E-state index contributed by atoms with van der Waals surface area (Å²) < 4.78 is 0. The first-order chi connectivity index (χ1) is 10.6. The molecular formula is C17H23N3O2. The lowest BCUT2D eigenvalue weighted by Gasteiger charge is -2.32. The topological polar surface area (TPSA) is 52.7 Å². The molecule has 5 nitrogen and oxygen atoms in total. The highest BCUT2D eigenvalue weighted by atomic mass is 16.2. The molecule has 1 aromatic carbocycles. The lowest BCUT2D eigenvalue weighted by Crippen LogP contribution is -2.46. The van der Waals surface area contributed by atoms with Gasteiger partial charge in [0.1, 0.15) is 0 Å². The maximum atomic E-state index is 12.8. The lowest BCUT2D eigenvalue weighted by atomic mass is 10.1. The molecule has 118 valence electrons. The monoisotopic (exact) mass is 301 g/mol. The van der Waals surface area contributed by atoms with Crippen molar-refractivity contribution in [2.24, 2.45) is 0 Å². The molecule has 1 aromatic rings. The van der Waals surface area contributed by atoms with Gasteiger partial charge in [0.2, 0.25) is 11.8 Å². The number of nitrogens with zero attached hydrogens (tertiary/aromatic N) is 2. The fraction of sp³-hybridized carbons (Fsp3) is 0.529. The van der Waals surface area contributed by atoms with Crippen molar-refractivity contribution in [1.82, 2.24) is 4.90 Å². The molecule has 0 saturated carbocycles. The van der Waals surface area contributed by atoms with Gasteiger partial charge in [0, 0.05) is 12.5 Å². The second-order valence-corrected chi connectivity index (χ2v) is 6.22. The molecule has 1 fully saturated rings. The average Bonchev–Trinajstić information content (AvgIpc) is 2.62. The van der Waals surface area contributed by atoms with Crippen molar-refractivity contribution in [2.45, 2.75) is 38.6 Å². The lowest BCUT2D eigenvalue weighted by molar-refractivity contribution is -0.120. The van der Waals surface area contributed by atoms with Gasteiger partial charge in [0.05, 0.1) is 17.9 Å². The van der Waals surface area contributed by atoms with Gasteiger partial charge in [-0.15, -0.1) is 0 Å². The van der Waals surface area contributed by atoms with E-state index in [0.29, 0.717) is 13.0 Å². The third-order valence-electron chi connectivity index (χ3n) is 4.44. The Morgan fingerprint density at radius 3 is 2.73 bits per heavy atom. The van der Waals surface area contributed by atoms with E-state index in [9.17, 15) is 9.59 Å². The summed E-state index contributed by atoms with van der Waals surface area (Å²) >= 11 is 0. The molecular weight excluding hydrogens is 278 g/mol. The van der Waals surface area contributed by atoms with Gasteiger partial charge in [-0.25, -0.2) is 0 Å². The van der Waals surface area contributed by atoms with Gasteiger partial charge in [0.25, 0.3) is 0 Å². The van der Waals surface area contributed by atoms with Crippen molar-refractivity contribution in [2.75, 3.05) is 29.9 Å². The van der Waals surface area contributed by atoms with Gasteiger partial charge in [-0.3, -0.25) is 14.5 Å². The number of carbonyl (C=O) groups is 2. The van der Waals surface area contributed by atoms with E-state index < -0.39 is 0 Å². The summed E-state index contributed by atoms with van der Waals surface area (Å²) in [5.41, 5.74) is 1.53.